The van der Waals surface area contributed by atoms with E-state index in [4.69, 9.17) is 0 Å². The largest absolute Gasteiger partial charge is 0.0802 e. The molecule has 2 aliphatic carbocycles. The van der Waals surface area contributed by atoms with Crippen molar-refractivity contribution in [3.8, 4) is 0 Å². The molecule has 0 saturated carbocycles. The number of rotatable bonds is 0. The van der Waals surface area contributed by atoms with E-state index in [1.165, 1.54) is 11.1 Å². The van der Waals surface area contributed by atoms with Crippen LogP contribution in [-0.4, -0.2) is 0 Å². The third kappa shape index (κ3) is 1.56. The zero-order valence-electron chi connectivity index (χ0n) is 8.56. The second-order valence-corrected chi connectivity index (χ2v) is 4.17. The molecule has 0 amide bonds. The summed E-state index contributed by atoms with van der Waals surface area (Å²) in [6.45, 7) is 0. The van der Waals surface area contributed by atoms with Crippen LogP contribution in [0.2, 0.25) is 0 Å². The molecule has 0 bridgehead atoms. The Hall–Kier alpha value is -1.56. The van der Waals surface area contributed by atoms with Crippen LogP contribution in [0, 0.1) is 17.9 Å². The van der Waals surface area contributed by atoms with Crippen molar-refractivity contribution in [2.24, 2.45) is 11.8 Å². The van der Waals surface area contributed by atoms with Gasteiger partial charge in [0.25, 0.3) is 0 Å². The fourth-order valence-corrected chi connectivity index (χ4v) is 2.35. The van der Waals surface area contributed by atoms with Gasteiger partial charge in [-0.3, -0.25) is 0 Å². The average molecular weight is 193 g/mol. The Morgan fingerprint density at radius 3 is 3.07 bits per heavy atom. The maximum Gasteiger partial charge on any atom is 0.00903 e. The molecule has 1 radical (unpaired) electrons. The van der Waals surface area contributed by atoms with Crippen LogP contribution in [0.25, 0.3) is 6.08 Å². The van der Waals surface area contributed by atoms with Gasteiger partial charge in [-0.15, -0.1) is 0 Å². The van der Waals surface area contributed by atoms with Gasteiger partial charge in [0.1, 0.15) is 0 Å². The third-order valence-corrected chi connectivity index (χ3v) is 3.20. The van der Waals surface area contributed by atoms with Crippen molar-refractivity contribution < 1.29 is 0 Å². The maximum absolute atomic E-state index is 3.40. The highest BCUT2D eigenvalue weighted by atomic mass is 14.2. The molecule has 73 valence electrons. The summed E-state index contributed by atoms with van der Waals surface area (Å²) in [5, 5.41) is 0. The smallest absolute Gasteiger partial charge is 0.00903 e. The van der Waals surface area contributed by atoms with Crippen molar-refractivity contribution in [1.82, 2.24) is 0 Å². The molecule has 1 aromatic carbocycles. The lowest BCUT2D eigenvalue weighted by molar-refractivity contribution is 0.541. The lowest BCUT2D eigenvalue weighted by Crippen LogP contribution is -2.12. The van der Waals surface area contributed by atoms with Crippen LogP contribution >= 0.6 is 0 Å². The second kappa shape index (κ2) is 3.54. The predicted molar refractivity (Wildman–Crippen MR) is 63.1 cm³/mol. The van der Waals surface area contributed by atoms with Crippen LogP contribution in [0.3, 0.4) is 0 Å². The molecule has 0 fully saturated rings. The number of allylic oxidation sites excluding steroid dienone is 5. The zero-order valence-corrected chi connectivity index (χ0v) is 8.56. The molecule has 15 heavy (non-hydrogen) atoms. The Balaban J connectivity index is 2.04. The Morgan fingerprint density at radius 2 is 2.07 bits per heavy atom. The summed E-state index contributed by atoms with van der Waals surface area (Å²) < 4.78 is 0. The summed E-state index contributed by atoms with van der Waals surface area (Å²) in [6, 6.07) is 8.65. The predicted octanol–water partition coefficient (Wildman–Crippen LogP) is 3.42. The van der Waals surface area contributed by atoms with Gasteiger partial charge in [0.05, 0.1) is 0 Å². The standard InChI is InChI=1S/C15H13/c1-3-7-14-11-15-8-4-2-6-13(15)10-9-12(14)5-1/h1-5,7-10,13,15H,11H2. The van der Waals surface area contributed by atoms with E-state index < -0.39 is 0 Å². The van der Waals surface area contributed by atoms with Crippen LogP contribution in [-0.2, 0) is 6.42 Å². The van der Waals surface area contributed by atoms with E-state index in [1.807, 2.05) is 6.08 Å². The zero-order chi connectivity index (χ0) is 10.1. The number of fused-ring (bicyclic) bond motifs is 2. The van der Waals surface area contributed by atoms with Gasteiger partial charge < -0.3 is 0 Å². The van der Waals surface area contributed by atoms with Gasteiger partial charge >= 0.3 is 0 Å². The molecular weight excluding hydrogens is 180 g/mol. The summed E-state index contributed by atoms with van der Waals surface area (Å²) in [5.74, 6) is 1.05. The Bertz CT molecular complexity index is 449. The molecule has 1 aromatic rings. The highest BCUT2D eigenvalue weighted by Gasteiger charge is 2.20. The van der Waals surface area contributed by atoms with Crippen molar-refractivity contribution in [3.63, 3.8) is 0 Å². The molecule has 0 nitrogen and oxygen atoms in total. The van der Waals surface area contributed by atoms with E-state index in [-0.39, 0.29) is 0 Å². The van der Waals surface area contributed by atoms with Crippen molar-refractivity contribution >= 4 is 6.08 Å². The van der Waals surface area contributed by atoms with Crippen LogP contribution in [0.5, 0.6) is 0 Å². The molecular formula is C15H13. The number of benzene rings is 1. The minimum Gasteiger partial charge on any atom is -0.0802 e. The highest BCUT2D eigenvalue weighted by molar-refractivity contribution is 5.56. The Labute approximate surface area is 90.6 Å². The first-order valence-corrected chi connectivity index (χ1v) is 5.46. The van der Waals surface area contributed by atoms with Gasteiger partial charge in [-0.2, -0.15) is 0 Å². The van der Waals surface area contributed by atoms with Crippen molar-refractivity contribution in [2.75, 3.05) is 0 Å². The van der Waals surface area contributed by atoms with E-state index >= 15 is 0 Å². The molecule has 0 spiro atoms. The molecule has 0 saturated heterocycles. The summed E-state index contributed by atoms with van der Waals surface area (Å²) in [4.78, 5) is 0. The monoisotopic (exact) mass is 193 g/mol. The number of hydrogen-bond donors (Lipinski definition) is 0. The normalized spacial score (nSPS) is 26.9. The van der Waals surface area contributed by atoms with Crippen LogP contribution in [0.1, 0.15) is 11.1 Å². The van der Waals surface area contributed by atoms with Crippen molar-refractivity contribution in [1.29, 1.82) is 0 Å². The number of hydrogen-bond acceptors (Lipinski definition) is 0. The first-order chi connectivity index (χ1) is 7.43. The van der Waals surface area contributed by atoms with E-state index in [2.05, 4.69) is 54.6 Å². The first kappa shape index (κ1) is 8.72. The summed E-state index contributed by atoms with van der Waals surface area (Å²) in [7, 11) is 0. The quantitative estimate of drug-likeness (QED) is 0.592. The van der Waals surface area contributed by atoms with Gasteiger partial charge in [-0.25, -0.2) is 0 Å². The molecule has 0 heterocycles. The first-order valence-electron chi connectivity index (χ1n) is 5.46. The lowest BCUT2D eigenvalue weighted by Gasteiger charge is -2.19. The third-order valence-electron chi connectivity index (χ3n) is 3.20. The lowest BCUT2D eigenvalue weighted by atomic mass is 9.85. The van der Waals surface area contributed by atoms with Crippen molar-refractivity contribution in [2.45, 2.75) is 6.42 Å². The molecule has 2 aliphatic rings. The Morgan fingerprint density at radius 1 is 1.13 bits per heavy atom. The van der Waals surface area contributed by atoms with Gasteiger partial charge in [0, 0.05) is 5.92 Å². The summed E-state index contributed by atoms with van der Waals surface area (Å²) in [5.41, 5.74) is 2.82. The average Bonchev–Trinajstić information content (AvgIpc) is 2.48. The van der Waals surface area contributed by atoms with E-state index in [0.29, 0.717) is 11.8 Å². The fourth-order valence-electron chi connectivity index (χ4n) is 2.35. The molecule has 0 heteroatoms. The van der Waals surface area contributed by atoms with Crippen LogP contribution in [0.15, 0.2) is 48.6 Å². The van der Waals surface area contributed by atoms with Crippen molar-refractivity contribution in [3.05, 3.63) is 65.8 Å². The van der Waals surface area contributed by atoms with E-state index in [0.717, 1.165) is 6.42 Å². The van der Waals surface area contributed by atoms with Crippen LogP contribution in [0.4, 0.5) is 0 Å². The molecule has 2 unspecified atom stereocenters. The molecule has 3 rings (SSSR count). The molecule has 2 atom stereocenters. The fraction of sp³-hybridized carbons (Fsp3) is 0.200. The molecule has 0 N–H and O–H groups in total. The minimum atomic E-state index is 0.461. The maximum atomic E-state index is 3.40. The van der Waals surface area contributed by atoms with Gasteiger partial charge in [-0.05, 0) is 29.5 Å². The second-order valence-electron chi connectivity index (χ2n) is 4.17. The highest BCUT2D eigenvalue weighted by Crippen LogP contribution is 2.29. The van der Waals surface area contributed by atoms with Crippen LogP contribution < -0.4 is 0 Å². The van der Waals surface area contributed by atoms with Gasteiger partial charge in [0.15, 0.2) is 0 Å². The van der Waals surface area contributed by atoms with Gasteiger partial charge in [0.2, 0.25) is 0 Å². The minimum absolute atomic E-state index is 0.461. The molecule has 0 aromatic heterocycles. The summed E-state index contributed by atoms with van der Waals surface area (Å²) in [6.07, 6.45) is 15.5. The SMILES string of the molecule is [C]1=CC=CC2Cc3ccccc3C=CC12. The Kier molecular flexibility index (Phi) is 2.06. The summed E-state index contributed by atoms with van der Waals surface area (Å²) >= 11 is 0. The molecule has 0 aliphatic heterocycles. The van der Waals surface area contributed by atoms with Gasteiger partial charge in [-0.1, -0.05) is 54.6 Å². The van der Waals surface area contributed by atoms with E-state index in [9.17, 15) is 0 Å². The topological polar surface area (TPSA) is 0 Å². The van der Waals surface area contributed by atoms with E-state index in [1.54, 1.807) is 0 Å².